The number of rotatable bonds is 5. The number of allylic oxidation sites excluding steroid dienone is 1. The molecule has 0 spiro atoms. The fraction of sp³-hybridized carbons (Fsp3) is 0. The van der Waals surface area contributed by atoms with E-state index in [0.29, 0.717) is 16.8 Å². The number of nitrogens with zero attached hydrogens (tertiary/aromatic N) is 2. The Hall–Kier alpha value is -5.05. The topological polar surface area (TPSA) is 41.7 Å². The number of carbonyl (C=O) groups is 2. The molecule has 6 rings (SSSR count). The zero-order valence-electron chi connectivity index (χ0n) is 20.2. The largest absolute Gasteiger partial charge is 0.311 e. The van der Waals surface area contributed by atoms with Crippen LogP contribution in [0.25, 0.3) is 21.4 Å². The maximum atomic E-state index is 12.8. The van der Waals surface area contributed by atoms with Crippen LogP contribution in [-0.4, -0.2) is 11.6 Å². The Morgan fingerprint density at radius 2 is 1.18 bits per heavy atom. The van der Waals surface area contributed by atoms with Crippen LogP contribution in [-0.2, 0) is 0 Å². The first kappa shape index (κ1) is 23.4. The molecule has 5 aromatic rings. The smallest absolute Gasteiger partial charge is 0.197 e. The molecule has 1 aliphatic rings. The number of fused-ring (bicyclic) bond motifs is 1. The zero-order chi connectivity index (χ0) is 26.1. The summed E-state index contributed by atoms with van der Waals surface area (Å²) >= 11 is 1.54. The molecule has 0 radical (unpaired) electrons. The second-order valence-corrected chi connectivity index (χ2v) is 9.93. The van der Waals surface area contributed by atoms with E-state index >= 15 is 0 Å². The van der Waals surface area contributed by atoms with Crippen LogP contribution in [0.5, 0.6) is 0 Å². The number of thiophene rings is 1. The van der Waals surface area contributed by atoms with Crippen LogP contribution in [0.15, 0.2) is 121 Å². The number of hydrogen-bond acceptors (Lipinski definition) is 4. The summed E-state index contributed by atoms with van der Waals surface area (Å²) in [7, 11) is 0. The van der Waals surface area contributed by atoms with Gasteiger partial charge in [-0.3, -0.25) is 9.59 Å². The molecule has 0 unspecified atom stereocenters. The van der Waals surface area contributed by atoms with Crippen molar-refractivity contribution < 1.29 is 9.59 Å². The third-order valence-electron chi connectivity index (χ3n) is 6.48. The lowest BCUT2D eigenvalue weighted by atomic mass is 10.1. The first-order valence-corrected chi connectivity index (χ1v) is 12.9. The van der Waals surface area contributed by atoms with Crippen molar-refractivity contribution in [2.24, 2.45) is 0 Å². The molecule has 0 atom stereocenters. The second-order valence-electron chi connectivity index (χ2n) is 8.81. The molecule has 0 aliphatic heterocycles. The van der Waals surface area contributed by atoms with Crippen LogP contribution in [0.4, 0.5) is 22.7 Å². The van der Waals surface area contributed by atoms with Crippen LogP contribution >= 0.6 is 11.3 Å². The highest BCUT2D eigenvalue weighted by Gasteiger charge is 2.32. The Morgan fingerprint density at radius 1 is 0.632 bits per heavy atom. The predicted octanol–water partition coefficient (Wildman–Crippen LogP) is 8.90. The fourth-order valence-electron chi connectivity index (χ4n) is 4.61. The van der Waals surface area contributed by atoms with E-state index in [1.165, 1.54) is 0 Å². The summed E-state index contributed by atoms with van der Waals surface area (Å²) in [5.41, 5.74) is 5.80. The summed E-state index contributed by atoms with van der Waals surface area (Å²) in [5, 5.41) is 0. The summed E-state index contributed by atoms with van der Waals surface area (Å²) in [6.45, 7) is 7.25. The van der Waals surface area contributed by atoms with E-state index in [1.807, 2.05) is 54.6 Å². The van der Waals surface area contributed by atoms with Crippen molar-refractivity contribution in [1.29, 1.82) is 0 Å². The fourth-order valence-corrected chi connectivity index (χ4v) is 5.56. The van der Waals surface area contributed by atoms with Crippen molar-refractivity contribution in [3.8, 4) is 10.4 Å². The van der Waals surface area contributed by atoms with Crippen LogP contribution in [0, 0.1) is 6.57 Å². The Kier molecular flexibility index (Phi) is 6.01. The van der Waals surface area contributed by atoms with E-state index < -0.39 is 0 Å². The van der Waals surface area contributed by atoms with Gasteiger partial charge >= 0.3 is 0 Å². The lowest BCUT2D eigenvalue weighted by Crippen LogP contribution is -2.09. The summed E-state index contributed by atoms with van der Waals surface area (Å²) in [4.78, 5) is 33.1. The average Bonchev–Trinajstić information content (AvgIpc) is 3.54. The molecule has 0 bridgehead atoms. The van der Waals surface area contributed by atoms with Gasteiger partial charge in [0.15, 0.2) is 17.3 Å². The first-order valence-electron chi connectivity index (χ1n) is 12.1. The van der Waals surface area contributed by atoms with E-state index in [9.17, 15) is 9.59 Å². The monoisotopic (exact) mass is 508 g/mol. The number of para-hydroxylation sites is 1. The van der Waals surface area contributed by atoms with Gasteiger partial charge in [0.2, 0.25) is 0 Å². The standard InChI is InChI=1S/C33H20N2O2S/c1-34-23-13-17-26(18-14-23)35(24-7-3-2-4-8-24)25-15-11-22(12-16-25)31-20-19-27(38-31)21-30-32(36)28-9-5-6-10-29(28)33(30)37/h2-21H. The number of Topliss-reactive ketones (excluding diaryl/α,β-unsaturated/α-hetero) is 2. The first-order chi connectivity index (χ1) is 18.6. The van der Waals surface area contributed by atoms with Gasteiger partial charge in [0.25, 0.3) is 0 Å². The maximum Gasteiger partial charge on any atom is 0.197 e. The molecule has 180 valence electrons. The van der Waals surface area contributed by atoms with Gasteiger partial charge in [-0.25, -0.2) is 4.85 Å². The summed E-state index contributed by atoms with van der Waals surface area (Å²) < 4.78 is 0. The van der Waals surface area contributed by atoms with Crippen molar-refractivity contribution in [2.45, 2.75) is 0 Å². The molecule has 0 fully saturated rings. The number of carbonyl (C=O) groups excluding carboxylic acids is 2. The van der Waals surface area contributed by atoms with E-state index in [1.54, 1.807) is 41.7 Å². The van der Waals surface area contributed by atoms with E-state index in [2.05, 4.69) is 46.1 Å². The minimum Gasteiger partial charge on any atom is -0.311 e. The van der Waals surface area contributed by atoms with E-state index in [0.717, 1.165) is 32.4 Å². The van der Waals surface area contributed by atoms with E-state index in [-0.39, 0.29) is 17.1 Å². The minimum atomic E-state index is -0.213. The average molecular weight is 509 g/mol. The normalized spacial score (nSPS) is 12.2. The Labute approximate surface area is 224 Å². The molecule has 1 aliphatic carbocycles. The lowest BCUT2D eigenvalue weighted by Gasteiger charge is -2.25. The molecule has 1 heterocycles. The zero-order valence-corrected chi connectivity index (χ0v) is 21.0. The lowest BCUT2D eigenvalue weighted by molar-refractivity contribution is 0.0990. The van der Waals surface area contributed by atoms with Crippen LogP contribution in [0.2, 0.25) is 0 Å². The van der Waals surface area contributed by atoms with Crippen LogP contribution in [0.3, 0.4) is 0 Å². The molecule has 4 nitrogen and oxygen atoms in total. The number of anilines is 3. The van der Waals surface area contributed by atoms with E-state index in [4.69, 9.17) is 6.57 Å². The minimum absolute atomic E-state index is 0.213. The third-order valence-corrected chi connectivity index (χ3v) is 7.56. The van der Waals surface area contributed by atoms with Gasteiger partial charge in [-0.05, 0) is 60.2 Å². The molecular weight excluding hydrogens is 488 g/mol. The molecule has 38 heavy (non-hydrogen) atoms. The van der Waals surface area contributed by atoms with Gasteiger partial charge in [-0.15, -0.1) is 11.3 Å². The van der Waals surface area contributed by atoms with Crippen LogP contribution < -0.4 is 4.90 Å². The maximum absolute atomic E-state index is 12.8. The quantitative estimate of drug-likeness (QED) is 0.135. The molecule has 1 aromatic heterocycles. The Bertz CT molecular complexity index is 1700. The van der Waals surface area contributed by atoms with Gasteiger partial charge in [-0.1, -0.05) is 66.7 Å². The summed E-state index contributed by atoms with van der Waals surface area (Å²) in [5.74, 6) is -0.425. The van der Waals surface area contributed by atoms with Crippen molar-refractivity contribution in [3.63, 3.8) is 0 Å². The van der Waals surface area contributed by atoms with Crippen molar-refractivity contribution in [1.82, 2.24) is 0 Å². The summed E-state index contributed by atoms with van der Waals surface area (Å²) in [6.07, 6.45) is 1.71. The highest BCUT2D eigenvalue weighted by Crippen LogP contribution is 2.38. The molecule has 0 amide bonds. The van der Waals surface area contributed by atoms with Crippen LogP contribution in [0.1, 0.15) is 25.6 Å². The Balaban J connectivity index is 1.29. The van der Waals surface area contributed by atoms with Crippen molar-refractivity contribution in [2.75, 3.05) is 4.90 Å². The summed E-state index contributed by atoms with van der Waals surface area (Å²) in [6, 6.07) is 36.9. The van der Waals surface area contributed by atoms with Gasteiger partial charge in [-0.2, -0.15) is 0 Å². The second kappa shape index (κ2) is 9.78. The highest BCUT2D eigenvalue weighted by molar-refractivity contribution is 7.16. The van der Waals surface area contributed by atoms with Crippen molar-refractivity contribution in [3.05, 3.63) is 148 Å². The third kappa shape index (κ3) is 4.24. The van der Waals surface area contributed by atoms with Crippen molar-refractivity contribution >= 4 is 51.7 Å². The Morgan fingerprint density at radius 3 is 1.79 bits per heavy atom. The number of ketones is 2. The predicted molar refractivity (Wildman–Crippen MR) is 154 cm³/mol. The highest BCUT2D eigenvalue weighted by atomic mass is 32.1. The van der Waals surface area contributed by atoms with Gasteiger partial charge < -0.3 is 4.90 Å². The number of benzene rings is 4. The molecular formula is C33H20N2O2S. The molecule has 0 N–H and O–H groups in total. The van der Waals surface area contributed by atoms with Gasteiger partial charge in [0.1, 0.15) is 0 Å². The SMILES string of the molecule is [C-]#[N+]c1ccc(N(c2ccccc2)c2ccc(-c3ccc(C=C4C(=O)c5ccccc5C4=O)s3)cc2)cc1. The molecule has 4 aromatic carbocycles. The molecule has 0 saturated carbocycles. The molecule has 0 saturated heterocycles. The molecule has 5 heteroatoms. The van der Waals surface area contributed by atoms with Gasteiger partial charge in [0, 0.05) is 37.9 Å². The van der Waals surface area contributed by atoms with Gasteiger partial charge in [0.05, 0.1) is 12.1 Å². The number of hydrogen-bond donors (Lipinski definition) is 0.